The van der Waals surface area contributed by atoms with Crippen LogP contribution in [-0.2, 0) is 16.2 Å². The van der Waals surface area contributed by atoms with Crippen molar-refractivity contribution in [3.63, 3.8) is 0 Å². The van der Waals surface area contributed by atoms with Crippen LogP contribution in [0.15, 0.2) is 36.4 Å². The summed E-state index contributed by atoms with van der Waals surface area (Å²) in [6, 6.07) is 12.1. The number of nitrogens with one attached hydrogen (secondary N) is 1. The lowest BCUT2D eigenvalue weighted by Crippen LogP contribution is -2.33. The molecule has 4 rings (SSSR count). The number of benzene rings is 1. The van der Waals surface area contributed by atoms with E-state index in [0.717, 1.165) is 28.3 Å². The van der Waals surface area contributed by atoms with Gasteiger partial charge in [-0.05, 0) is 43.7 Å². The van der Waals surface area contributed by atoms with Crippen molar-refractivity contribution in [1.29, 1.82) is 0 Å². The lowest BCUT2D eigenvalue weighted by Gasteiger charge is -2.28. The van der Waals surface area contributed by atoms with Gasteiger partial charge in [0.1, 0.15) is 12.4 Å². The van der Waals surface area contributed by atoms with Crippen molar-refractivity contribution in [3.8, 4) is 5.75 Å². The number of carbonyl (C=O) groups excluding carboxylic acids is 2. The van der Waals surface area contributed by atoms with E-state index >= 15 is 0 Å². The smallest absolute Gasteiger partial charge is 0.233 e. The van der Waals surface area contributed by atoms with E-state index < -0.39 is 5.41 Å². The highest BCUT2D eigenvalue weighted by molar-refractivity contribution is 6.06. The van der Waals surface area contributed by atoms with Crippen LogP contribution in [0.3, 0.4) is 0 Å². The highest BCUT2D eigenvalue weighted by Gasteiger charge is 2.46. The molecule has 0 unspecified atom stereocenters. The average molecular weight is 396 g/mol. The molecular weight excluding hydrogens is 368 g/mol. The van der Waals surface area contributed by atoms with Gasteiger partial charge in [0.15, 0.2) is 0 Å². The van der Waals surface area contributed by atoms with Crippen molar-refractivity contribution in [1.82, 2.24) is 10.3 Å². The second-order valence-corrected chi connectivity index (χ2v) is 8.37. The molecule has 2 atom stereocenters. The number of ether oxygens (including phenoxy) is 1. The molecule has 154 valence electrons. The third-order valence-electron chi connectivity index (χ3n) is 6.08. The number of rotatable bonds is 6. The van der Waals surface area contributed by atoms with Gasteiger partial charge in [0, 0.05) is 35.9 Å². The van der Waals surface area contributed by atoms with Crippen molar-refractivity contribution in [2.24, 2.45) is 5.41 Å². The first-order chi connectivity index (χ1) is 13.3. The Bertz CT molecular complexity index is 921. The van der Waals surface area contributed by atoms with Gasteiger partial charge in [-0.15, -0.1) is 0 Å². The van der Waals surface area contributed by atoms with Crippen LogP contribution in [0, 0.1) is 12.3 Å². The van der Waals surface area contributed by atoms with Crippen molar-refractivity contribution in [2.75, 3.05) is 0 Å². The second-order valence-electron chi connectivity index (χ2n) is 8.37. The minimum Gasteiger partial charge on any atom is -0.489 e. The highest BCUT2D eigenvalue weighted by atomic mass is 16.5. The monoisotopic (exact) mass is 396 g/mol. The Labute approximate surface area is 171 Å². The molecule has 1 aromatic carbocycles. The van der Waals surface area contributed by atoms with E-state index in [0.29, 0.717) is 12.5 Å². The van der Waals surface area contributed by atoms with Gasteiger partial charge < -0.3 is 10.2 Å². The Hall–Kier alpha value is -2.73. The maximum atomic E-state index is 12.2. The molecule has 0 bridgehead atoms. The number of aryl methyl sites for hydroxylation is 1. The first kappa shape index (κ1) is 21.0. The number of aromatic nitrogens is 1. The van der Waals surface area contributed by atoms with E-state index in [1.165, 1.54) is 12.8 Å². The summed E-state index contributed by atoms with van der Waals surface area (Å²) < 4.78 is 5.99. The quantitative estimate of drug-likeness (QED) is 0.758. The normalized spacial score (nSPS) is 22.0. The van der Waals surface area contributed by atoms with Gasteiger partial charge in [0.2, 0.25) is 11.8 Å². The molecule has 1 saturated heterocycles. The standard InChI is InChI=1S/C23H26N2O3.H2O/c1-14-10-19(11-20(24-14)18-8-9-18)28-13-16-4-6-17(7-5-16)15(2)23(3)12-21(26)25-22(23)27;/h4-7,10-11,15,18H,8-9,12-13H2,1-3H3,(H,25,26,27);1H2/t15-,23+;/m1./s1. The van der Waals surface area contributed by atoms with Crippen LogP contribution < -0.4 is 10.1 Å². The van der Waals surface area contributed by atoms with Gasteiger partial charge in [-0.1, -0.05) is 31.2 Å². The topological polar surface area (TPSA) is 99.8 Å². The number of amides is 2. The molecule has 2 heterocycles. The molecule has 0 spiro atoms. The van der Waals surface area contributed by atoms with E-state index in [1.807, 2.05) is 51.1 Å². The number of hydrogen-bond donors (Lipinski definition) is 1. The van der Waals surface area contributed by atoms with Gasteiger partial charge >= 0.3 is 0 Å². The zero-order chi connectivity index (χ0) is 19.9. The first-order valence-electron chi connectivity index (χ1n) is 9.89. The van der Waals surface area contributed by atoms with Gasteiger partial charge in [0.05, 0.1) is 5.41 Å². The molecule has 2 amide bonds. The van der Waals surface area contributed by atoms with Crippen LogP contribution in [0.5, 0.6) is 5.75 Å². The molecule has 2 aromatic rings. The van der Waals surface area contributed by atoms with Gasteiger partial charge in [-0.25, -0.2) is 0 Å². The Morgan fingerprint density at radius 3 is 2.48 bits per heavy atom. The van der Waals surface area contributed by atoms with E-state index in [-0.39, 0.29) is 29.6 Å². The highest BCUT2D eigenvalue weighted by Crippen LogP contribution is 2.42. The Morgan fingerprint density at radius 1 is 1.21 bits per heavy atom. The molecule has 3 N–H and O–H groups in total. The SMILES string of the molecule is Cc1cc(OCc2ccc([C@@H](C)[C@]3(C)CC(=O)NC3=O)cc2)cc(C2CC2)n1.O. The Kier molecular flexibility index (Phi) is 5.75. The van der Waals surface area contributed by atoms with Crippen LogP contribution in [-0.4, -0.2) is 22.3 Å². The molecule has 0 radical (unpaired) electrons. The van der Waals surface area contributed by atoms with Gasteiger partial charge in [-0.2, -0.15) is 0 Å². The van der Waals surface area contributed by atoms with Crippen LogP contribution in [0.4, 0.5) is 0 Å². The number of pyridine rings is 1. The molecule has 1 aliphatic carbocycles. The second kappa shape index (κ2) is 7.95. The predicted octanol–water partition coefficient (Wildman–Crippen LogP) is 3.18. The number of nitrogens with zero attached hydrogens (tertiary/aromatic N) is 1. The molecular formula is C23H28N2O4. The molecule has 1 aromatic heterocycles. The third-order valence-corrected chi connectivity index (χ3v) is 6.08. The zero-order valence-electron chi connectivity index (χ0n) is 17.1. The van der Waals surface area contributed by atoms with Crippen molar-refractivity contribution < 1.29 is 19.8 Å². The fourth-order valence-corrected chi connectivity index (χ4v) is 3.85. The fraction of sp³-hybridized carbons (Fsp3) is 0.435. The van der Waals surface area contributed by atoms with Crippen molar-refractivity contribution in [2.45, 2.75) is 58.5 Å². The maximum Gasteiger partial charge on any atom is 0.233 e. The van der Waals surface area contributed by atoms with Crippen LogP contribution >= 0.6 is 0 Å². The Balaban J connectivity index is 0.00000240. The summed E-state index contributed by atoms with van der Waals surface area (Å²) in [4.78, 5) is 28.4. The summed E-state index contributed by atoms with van der Waals surface area (Å²) in [6.07, 6.45) is 2.68. The lowest BCUT2D eigenvalue weighted by molar-refractivity contribution is -0.128. The number of imide groups is 1. The van der Waals surface area contributed by atoms with E-state index in [9.17, 15) is 9.59 Å². The molecule has 2 aliphatic rings. The summed E-state index contributed by atoms with van der Waals surface area (Å²) in [5.74, 6) is 1.04. The molecule has 29 heavy (non-hydrogen) atoms. The summed E-state index contributed by atoms with van der Waals surface area (Å²) in [5, 5.41) is 2.43. The maximum absolute atomic E-state index is 12.2. The summed E-state index contributed by atoms with van der Waals surface area (Å²) in [7, 11) is 0. The lowest BCUT2D eigenvalue weighted by atomic mass is 9.73. The Morgan fingerprint density at radius 2 is 1.90 bits per heavy atom. The van der Waals surface area contributed by atoms with E-state index in [4.69, 9.17) is 4.74 Å². The van der Waals surface area contributed by atoms with Crippen molar-refractivity contribution in [3.05, 3.63) is 58.9 Å². The van der Waals surface area contributed by atoms with Crippen LogP contribution in [0.2, 0.25) is 0 Å². The van der Waals surface area contributed by atoms with Gasteiger partial charge in [0.25, 0.3) is 0 Å². The summed E-state index contributed by atoms with van der Waals surface area (Å²) in [5.41, 5.74) is 3.54. The van der Waals surface area contributed by atoms with Gasteiger partial charge in [-0.3, -0.25) is 19.9 Å². The first-order valence-corrected chi connectivity index (χ1v) is 9.89. The molecule has 2 fully saturated rings. The minimum absolute atomic E-state index is 0. The van der Waals surface area contributed by atoms with E-state index in [1.54, 1.807) is 0 Å². The number of carbonyl (C=O) groups is 2. The van der Waals surface area contributed by atoms with E-state index in [2.05, 4.69) is 16.4 Å². The van der Waals surface area contributed by atoms with Crippen LogP contribution in [0.1, 0.15) is 67.5 Å². The molecule has 1 saturated carbocycles. The minimum atomic E-state index is -0.692. The van der Waals surface area contributed by atoms with Crippen molar-refractivity contribution >= 4 is 11.8 Å². The zero-order valence-corrected chi connectivity index (χ0v) is 17.1. The fourth-order valence-electron chi connectivity index (χ4n) is 3.85. The molecule has 1 aliphatic heterocycles. The molecule has 6 nitrogen and oxygen atoms in total. The van der Waals surface area contributed by atoms with Crippen LogP contribution in [0.25, 0.3) is 0 Å². The number of hydrogen-bond acceptors (Lipinski definition) is 4. The third kappa shape index (κ3) is 4.32. The summed E-state index contributed by atoms with van der Waals surface area (Å²) in [6.45, 7) is 6.35. The molecule has 6 heteroatoms. The predicted molar refractivity (Wildman–Crippen MR) is 110 cm³/mol. The largest absolute Gasteiger partial charge is 0.489 e. The summed E-state index contributed by atoms with van der Waals surface area (Å²) >= 11 is 0. The average Bonchev–Trinajstić information content (AvgIpc) is 3.47.